The van der Waals surface area contributed by atoms with Gasteiger partial charge in [-0.05, 0) is 25.5 Å². The van der Waals surface area contributed by atoms with E-state index in [4.69, 9.17) is 9.47 Å². The molecule has 2 aromatic carbocycles. The average Bonchev–Trinajstić information content (AvgIpc) is 2.72. The number of phenols is 1. The number of nitrogens with zero attached hydrogens (tertiary/aromatic N) is 2. The topological polar surface area (TPSA) is 76.5 Å². The molecule has 0 saturated heterocycles. The summed E-state index contributed by atoms with van der Waals surface area (Å²) in [5, 5.41) is 13.8. The van der Waals surface area contributed by atoms with Crippen molar-refractivity contribution in [1.82, 2.24) is 9.97 Å². The number of aromatic nitrogens is 2. The van der Waals surface area contributed by atoms with E-state index in [-0.39, 0.29) is 5.75 Å². The van der Waals surface area contributed by atoms with Crippen molar-refractivity contribution in [3.8, 4) is 34.1 Å². The van der Waals surface area contributed by atoms with Crippen molar-refractivity contribution in [2.24, 2.45) is 0 Å². The molecule has 1 aromatic heterocycles. The van der Waals surface area contributed by atoms with Gasteiger partial charge in [0.1, 0.15) is 17.3 Å². The number of benzene rings is 2. The highest BCUT2D eigenvalue weighted by Crippen LogP contribution is 2.33. The molecule has 28 heavy (non-hydrogen) atoms. The van der Waals surface area contributed by atoms with E-state index in [0.29, 0.717) is 41.9 Å². The maximum Gasteiger partial charge on any atom is 0.162 e. The van der Waals surface area contributed by atoms with Gasteiger partial charge in [-0.15, -0.1) is 0 Å². The van der Waals surface area contributed by atoms with E-state index >= 15 is 0 Å². The fraction of sp³-hybridized carbons (Fsp3) is 0.273. The third-order valence-electron chi connectivity index (χ3n) is 4.15. The zero-order valence-corrected chi connectivity index (χ0v) is 16.2. The van der Waals surface area contributed by atoms with Gasteiger partial charge in [0, 0.05) is 43.5 Å². The monoisotopic (exact) mass is 379 g/mol. The third-order valence-corrected chi connectivity index (χ3v) is 4.15. The predicted octanol–water partition coefficient (Wildman–Crippen LogP) is 4.36. The summed E-state index contributed by atoms with van der Waals surface area (Å²) in [6.07, 6.45) is 0.866. The average molecular weight is 379 g/mol. The minimum absolute atomic E-state index is 0.119. The molecule has 0 radical (unpaired) electrons. The van der Waals surface area contributed by atoms with Crippen LogP contribution in [0.3, 0.4) is 0 Å². The first-order chi connectivity index (χ1) is 13.7. The first-order valence-corrected chi connectivity index (χ1v) is 9.34. The first-order valence-electron chi connectivity index (χ1n) is 9.34. The van der Waals surface area contributed by atoms with Crippen molar-refractivity contribution in [3.05, 3.63) is 54.6 Å². The quantitative estimate of drug-likeness (QED) is 0.538. The van der Waals surface area contributed by atoms with E-state index in [1.807, 2.05) is 55.5 Å². The lowest BCUT2D eigenvalue weighted by atomic mass is 10.1. The Labute approximate surface area is 165 Å². The van der Waals surface area contributed by atoms with Gasteiger partial charge in [-0.2, -0.15) is 0 Å². The zero-order valence-electron chi connectivity index (χ0n) is 16.2. The Morgan fingerprint density at radius 2 is 1.86 bits per heavy atom. The van der Waals surface area contributed by atoms with Gasteiger partial charge in [-0.3, -0.25) is 0 Å². The van der Waals surface area contributed by atoms with Crippen LogP contribution in [-0.2, 0) is 4.74 Å². The Bertz CT molecular complexity index is 901. The van der Waals surface area contributed by atoms with Gasteiger partial charge >= 0.3 is 0 Å². The summed E-state index contributed by atoms with van der Waals surface area (Å²) in [6.45, 7) is 3.85. The van der Waals surface area contributed by atoms with E-state index < -0.39 is 0 Å². The van der Waals surface area contributed by atoms with E-state index in [1.54, 1.807) is 13.2 Å². The van der Waals surface area contributed by atoms with Crippen LogP contribution in [0.25, 0.3) is 22.6 Å². The largest absolute Gasteiger partial charge is 0.507 e. The molecule has 0 aliphatic carbocycles. The summed E-state index contributed by atoms with van der Waals surface area (Å²) in [6, 6.07) is 16.9. The van der Waals surface area contributed by atoms with Gasteiger partial charge in [-0.1, -0.05) is 30.3 Å². The highest BCUT2D eigenvalue weighted by atomic mass is 16.5. The molecule has 0 saturated carbocycles. The number of aromatic hydroxyl groups is 1. The molecule has 0 aliphatic rings. The molecule has 0 fully saturated rings. The smallest absolute Gasteiger partial charge is 0.162 e. The molecule has 0 bridgehead atoms. The fourth-order valence-electron chi connectivity index (χ4n) is 2.81. The minimum Gasteiger partial charge on any atom is -0.507 e. The maximum atomic E-state index is 10.5. The van der Waals surface area contributed by atoms with Crippen molar-refractivity contribution >= 4 is 5.82 Å². The number of hydrogen-bond donors (Lipinski definition) is 2. The molecule has 0 atom stereocenters. The third kappa shape index (κ3) is 4.98. The maximum absolute atomic E-state index is 10.5. The highest BCUT2D eigenvalue weighted by Gasteiger charge is 2.12. The molecule has 6 nitrogen and oxygen atoms in total. The second-order valence-electron chi connectivity index (χ2n) is 6.21. The Hall–Kier alpha value is -3.12. The lowest BCUT2D eigenvalue weighted by Gasteiger charge is -2.12. The van der Waals surface area contributed by atoms with Crippen LogP contribution in [-0.4, -0.2) is 41.9 Å². The zero-order chi connectivity index (χ0) is 19.8. The van der Waals surface area contributed by atoms with Gasteiger partial charge in [0.05, 0.1) is 12.3 Å². The predicted molar refractivity (Wildman–Crippen MR) is 111 cm³/mol. The first kappa shape index (κ1) is 19.6. The number of anilines is 1. The van der Waals surface area contributed by atoms with Crippen LogP contribution in [0.5, 0.6) is 11.5 Å². The second kappa shape index (κ2) is 9.71. The van der Waals surface area contributed by atoms with Gasteiger partial charge in [0.25, 0.3) is 0 Å². The molecule has 146 valence electrons. The number of nitrogens with one attached hydrogen (secondary N) is 1. The number of hydrogen-bond acceptors (Lipinski definition) is 6. The van der Waals surface area contributed by atoms with Gasteiger partial charge in [0.15, 0.2) is 5.82 Å². The molecule has 3 aromatic rings. The van der Waals surface area contributed by atoms with E-state index in [0.717, 1.165) is 18.5 Å². The van der Waals surface area contributed by atoms with Crippen LogP contribution in [0.2, 0.25) is 0 Å². The number of methoxy groups -OCH3 is 1. The van der Waals surface area contributed by atoms with Crippen LogP contribution in [0, 0.1) is 0 Å². The summed E-state index contributed by atoms with van der Waals surface area (Å²) in [5.41, 5.74) is 2.18. The van der Waals surface area contributed by atoms with Crippen molar-refractivity contribution in [3.63, 3.8) is 0 Å². The molecular weight excluding hydrogens is 354 g/mol. The Kier molecular flexibility index (Phi) is 6.81. The number of ether oxygens (including phenoxy) is 2. The molecule has 2 N–H and O–H groups in total. The fourth-order valence-corrected chi connectivity index (χ4v) is 2.81. The molecule has 3 rings (SSSR count). The van der Waals surface area contributed by atoms with Crippen molar-refractivity contribution in [2.75, 3.05) is 32.2 Å². The van der Waals surface area contributed by atoms with Gasteiger partial charge in [-0.25, -0.2) is 9.97 Å². The SMILES string of the molecule is CCOc1ccc(-c2cc(NCCCOC)nc(-c3ccccc3)n2)c(O)c1. The second-order valence-corrected chi connectivity index (χ2v) is 6.21. The van der Waals surface area contributed by atoms with Crippen molar-refractivity contribution < 1.29 is 14.6 Å². The molecule has 0 aliphatic heterocycles. The highest BCUT2D eigenvalue weighted by molar-refractivity contribution is 5.72. The van der Waals surface area contributed by atoms with Gasteiger partial charge < -0.3 is 19.9 Å². The molecule has 0 amide bonds. The summed E-state index contributed by atoms with van der Waals surface area (Å²) >= 11 is 0. The van der Waals surface area contributed by atoms with Crippen LogP contribution in [0.1, 0.15) is 13.3 Å². The van der Waals surface area contributed by atoms with Crippen molar-refractivity contribution in [2.45, 2.75) is 13.3 Å². The Morgan fingerprint density at radius 1 is 1.04 bits per heavy atom. The number of rotatable bonds is 9. The molecule has 0 unspecified atom stereocenters. The number of phenolic OH excluding ortho intramolecular Hbond substituents is 1. The summed E-state index contributed by atoms with van der Waals surface area (Å²) < 4.78 is 10.5. The summed E-state index contributed by atoms with van der Waals surface area (Å²) in [7, 11) is 1.69. The normalized spacial score (nSPS) is 10.6. The summed E-state index contributed by atoms with van der Waals surface area (Å²) in [5.74, 6) is 2.04. The molecule has 1 heterocycles. The molecule has 0 spiro atoms. The standard InChI is InChI=1S/C22H25N3O3/c1-3-28-17-10-11-18(20(26)14-17)19-15-21(23-12-7-13-27-2)25-22(24-19)16-8-5-4-6-9-16/h4-6,8-11,14-15,26H,3,7,12-13H2,1-2H3,(H,23,24,25). The van der Waals surface area contributed by atoms with Crippen LogP contribution < -0.4 is 10.1 Å². The van der Waals surface area contributed by atoms with E-state index in [1.165, 1.54) is 0 Å². The molecular formula is C22H25N3O3. The van der Waals surface area contributed by atoms with Crippen LogP contribution in [0.15, 0.2) is 54.6 Å². The van der Waals surface area contributed by atoms with Gasteiger partial charge in [0.2, 0.25) is 0 Å². The molecule has 6 heteroatoms. The Morgan fingerprint density at radius 3 is 2.57 bits per heavy atom. The van der Waals surface area contributed by atoms with Crippen LogP contribution >= 0.6 is 0 Å². The van der Waals surface area contributed by atoms with Crippen molar-refractivity contribution in [1.29, 1.82) is 0 Å². The lowest BCUT2D eigenvalue weighted by Crippen LogP contribution is -2.07. The van der Waals surface area contributed by atoms with E-state index in [2.05, 4.69) is 15.3 Å². The van der Waals surface area contributed by atoms with E-state index in [9.17, 15) is 5.11 Å². The Balaban J connectivity index is 1.97. The van der Waals surface area contributed by atoms with Crippen LogP contribution in [0.4, 0.5) is 5.82 Å². The minimum atomic E-state index is 0.119. The lowest BCUT2D eigenvalue weighted by molar-refractivity contribution is 0.198. The summed E-state index contributed by atoms with van der Waals surface area (Å²) in [4.78, 5) is 9.31.